The Morgan fingerprint density at radius 2 is 1.68 bits per heavy atom. The van der Waals surface area contributed by atoms with Crippen LogP contribution in [0.4, 0.5) is 0 Å². The number of benzene rings is 1. The molecule has 1 heteroatoms. The van der Waals surface area contributed by atoms with Gasteiger partial charge in [0.25, 0.3) is 0 Å². The fourth-order valence-corrected chi connectivity index (χ4v) is 2.43. The topological polar surface area (TPSA) is 12.0 Å². The van der Waals surface area contributed by atoms with E-state index in [0.29, 0.717) is 6.04 Å². The summed E-state index contributed by atoms with van der Waals surface area (Å²) in [5.41, 5.74) is 2.83. The predicted molar refractivity (Wildman–Crippen MR) is 85.7 cm³/mol. The van der Waals surface area contributed by atoms with E-state index in [1.54, 1.807) is 0 Å². The van der Waals surface area contributed by atoms with Gasteiger partial charge in [0.15, 0.2) is 0 Å². The van der Waals surface area contributed by atoms with Crippen LogP contribution in [0.3, 0.4) is 0 Å². The van der Waals surface area contributed by atoms with Crippen molar-refractivity contribution in [3.8, 4) is 0 Å². The minimum Gasteiger partial charge on any atom is -0.314 e. The zero-order valence-electron chi connectivity index (χ0n) is 13.0. The molecular weight excluding hydrogens is 230 g/mol. The van der Waals surface area contributed by atoms with Crippen LogP contribution in [-0.4, -0.2) is 12.6 Å². The van der Waals surface area contributed by atoms with Gasteiger partial charge < -0.3 is 5.32 Å². The smallest absolute Gasteiger partial charge is 0.00702 e. The van der Waals surface area contributed by atoms with Gasteiger partial charge in [-0.05, 0) is 44.7 Å². The normalized spacial score (nSPS) is 12.6. The van der Waals surface area contributed by atoms with Crippen LogP contribution in [-0.2, 0) is 6.42 Å². The summed E-state index contributed by atoms with van der Waals surface area (Å²) in [5, 5.41) is 3.71. The second-order valence-corrected chi connectivity index (χ2v) is 5.67. The largest absolute Gasteiger partial charge is 0.314 e. The molecule has 108 valence electrons. The number of unbranched alkanes of at least 4 members (excludes halogenated alkanes) is 2. The number of aryl methyl sites for hydroxylation is 2. The summed E-state index contributed by atoms with van der Waals surface area (Å²) in [6, 6.07) is 9.70. The standard InChI is InChI=1S/C18H31N/c1-4-6-7-8-18(19-15-5-2)14-13-17-11-9-16(3)10-12-17/h9-12,18-19H,4-8,13-15H2,1-3H3. The first-order chi connectivity index (χ1) is 9.26. The zero-order valence-corrected chi connectivity index (χ0v) is 13.0. The van der Waals surface area contributed by atoms with Crippen molar-refractivity contribution >= 4 is 0 Å². The van der Waals surface area contributed by atoms with Crippen LogP contribution in [0.1, 0.15) is 63.5 Å². The van der Waals surface area contributed by atoms with Crippen molar-refractivity contribution in [3.63, 3.8) is 0 Å². The van der Waals surface area contributed by atoms with Gasteiger partial charge in [0.05, 0.1) is 0 Å². The van der Waals surface area contributed by atoms with Crippen molar-refractivity contribution < 1.29 is 0 Å². The highest BCUT2D eigenvalue weighted by atomic mass is 14.9. The van der Waals surface area contributed by atoms with Crippen LogP contribution < -0.4 is 5.32 Å². The SMILES string of the molecule is CCCCCC(CCc1ccc(C)cc1)NCCC. The Hall–Kier alpha value is -0.820. The maximum atomic E-state index is 3.71. The Morgan fingerprint density at radius 1 is 0.947 bits per heavy atom. The third-order valence-electron chi connectivity index (χ3n) is 3.74. The average molecular weight is 261 g/mol. The van der Waals surface area contributed by atoms with Gasteiger partial charge in [-0.15, -0.1) is 0 Å². The molecule has 1 rings (SSSR count). The lowest BCUT2D eigenvalue weighted by molar-refractivity contribution is 0.435. The molecule has 0 aliphatic rings. The van der Waals surface area contributed by atoms with Crippen molar-refractivity contribution in [1.82, 2.24) is 5.32 Å². The lowest BCUT2D eigenvalue weighted by Gasteiger charge is -2.18. The van der Waals surface area contributed by atoms with Gasteiger partial charge in [-0.2, -0.15) is 0 Å². The van der Waals surface area contributed by atoms with E-state index in [1.165, 1.54) is 56.1 Å². The summed E-state index contributed by atoms with van der Waals surface area (Å²) in [7, 11) is 0. The molecule has 0 fully saturated rings. The van der Waals surface area contributed by atoms with Crippen LogP contribution in [0, 0.1) is 6.92 Å². The van der Waals surface area contributed by atoms with Gasteiger partial charge in [-0.3, -0.25) is 0 Å². The monoisotopic (exact) mass is 261 g/mol. The summed E-state index contributed by atoms with van der Waals surface area (Å²) >= 11 is 0. The van der Waals surface area contributed by atoms with E-state index in [4.69, 9.17) is 0 Å². The van der Waals surface area contributed by atoms with Crippen molar-refractivity contribution in [2.24, 2.45) is 0 Å². The van der Waals surface area contributed by atoms with Crippen LogP contribution in [0.5, 0.6) is 0 Å². The molecule has 1 nitrogen and oxygen atoms in total. The number of rotatable bonds is 10. The Kier molecular flexibility index (Phi) is 8.57. The predicted octanol–water partition coefficient (Wildman–Crippen LogP) is 4.88. The van der Waals surface area contributed by atoms with Crippen LogP contribution in [0.2, 0.25) is 0 Å². The number of nitrogens with one attached hydrogen (secondary N) is 1. The minimum atomic E-state index is 0.702. The van der Waals surface area contributed by atoms with Crippen molar-refractivity contribution in [2.75, 3.05) is 6.54 Å². The third kappa shape index (κ3) is 7.37. The second kappa shape index (κ2) is 10.0. The minimum absolute atomic E-state index is 0.702. The molecule has 0 aliphatic heterocycles. The highest BCUT2D eigenvalue weighted by molar-refractivity contribution is 5.21. The quantitative estimate of drug-likeness (QED) is 0.592. The fourth-order valence-electron chi connectivity index (χ4n) is 2.43. The van der Waals surface area contributed by atoms with E-state index < -0.39 is 0 Å². The summed E-state index contributed by atoms with van der Waals surface area (Å²) in [4.78, 5) is 0. The Morgan fingerprint density at radius 3 is 2.32 bits per heavy atom. The second-order valence-electron chi connectivity index (χ2n) is 5.67. The molecule has 1 aromatic carbocycles. The maximum absolute atomic E-state index is 3.71. The molecule has 1 atom stereocenters. The first-order valence-corrected chi connectivity index (χ1v) is 8.05. The molecule has 0 heterocycles. The molecule has 0 amide bonds. The van der Waals surface area contributed by atoms with E-state index in [2.05, 4.69) is 50.4 Å². The summed E-state index contributed by atoms with van der Waals surface area (Å²) in [5.74, 6) is 0. The van der Waals surface area contributed by atoms with Gasteiger partial charge in [0, 0.05) is 6.04 Å². The lowest BCUT2D eigenvalue weighted by atomic mass is 9.99. The maximum Gasteiger partial charge on any atom is 0.00702 e. The van der Waals surface area contributed by atoms with E-state index in [-0.39, 0.29) is 0 Å². The van der Waals surface area contributed by atoms with E-state index in [9.17, 15) is 0 Å². The first-order valence-electron chi connectivity index (χ1n) is 8.05. The zero-order chi connectivity index (χ0) is 13.9. The van der Waals surface area contributed by atoms with Crippen molar-refractivity contribution in [3.05, 3.63) is 35.4 Å². The lowest BCUT2D eigenvalue weighted by Crippen LogP contribution is -2.30. The van der Waals surface area contributed by atoms with Gasteiger partial charge >= 0.3 is 0 Å². The first kappa shape index (κ1) is 16.2. The van der Waals surface area contributed by atoms with E-state index >= 15 is 0 Å². The molecule has 1 N–H and O–H groups in total. The molecule has 1 unspecified atom stereocenters. The molecule has 0 saturated heterocycles. The summed E-state index contributed by atoms with van der Waals surface area (Å²) < 4.78 is 0. The van der Waals surface area contributed by atoms with Crippen LogP contribution in [0.15, 0.2) is 24.3 Å². The van der Waals surface area contributed by atoms with Gasteiger partial charge in [0.1, 0.15) is 0 Å². The Labute approximate surface area is 119 Å². The molecule has 0 bridgehead atoms. The van der Waals surface area contributed by atoms with Gasteiger partial charge in [-0.25, -0.2) is 0 Å². The molecule has 1 aromatic rings. The average Bonchev–Trinajstić information content (AvgIpc) is 2.43. The molecular formula is C18H31N. The fraction of sp³-hybridized carbons (Fsp3) is 0.667. The third-order valence-corrected chi connectivity index (χ3v) is 3.74. The van der Waals surface area contributed by atoms with Crippen molar-refractivity contribution in [2.45, 2.75) is 71.8 Å². The van der Waals surface area contributed by atoms with Gasteiger partial charge in [-0.1, -0.05) is 62.9 Å². The highest BCUT2D eigenvalue weighted by Gasteiger charge is 2.07. The summed E-state index contributed by atoms with van der Waals surface area (Å²) in [6.07, 6.45) is 9.09. The molecule has 0 radical (unpaired) electrons. The summed E-state index contributed by atoms with van der Waals surface area (Å²) in [6.45, 7) is 7.84. The van der Waals surface area contributed by atoms with E-state index in [1.807, 2.05) is 0 Å². The Bertz CT molecular complexity index is 315. The van der Waals surface area contributed by atoms with Crippen molar-refractivity contribution in [1.29, 1.82) is 0 Å². The van der Waals surface area contributed by atoms with Crippen LogP contribution in [0.25, 0.3) is 0 Å². The molecule has 0 aliphatic carbocycles. The molecule has 0 spiro atoms. The molecule has 0 aromatic heterocycles. The molecule has 0 saturated carbocycles. The number of hydrogen-bond donors (Lipinski definition) is 1. The molecule has 19 heavy (non-hydrogen) atoms. The Balaban J connectivity index is 2.35. The van der Waals surface area contributed by atoms with Gasteiger partial charge in [0.2, 0.25) is 0 Å². The van der Waals surface area contributed by atoms with E-state index in [0.717, 1.165) is 6.54 Å². The highest BCUT2D eigenvalue weighted by Crippen LogP contribution is 2.12. The number of hydrogen-bond acceptors (Lipinski definition) is 1. The van der Waals surface area contributed by atoms with Crippen LogP contribution >= 0.6 is 0 Å².